The summed E-state index contributed by atoms with van der Waals surface area (Å²) in [5.41, 5.74) is 2.93. The SMILES string of the molecule is CCOCCCn1c(SCC(=O)N2CCc3ccccc3C2)nc2cc(Cl)ccc2c1=O. The van der Waals surface area contributed by atoms with Gasteiger partial charge in [0, 0.05) is 37.9 Å². The number of nitrogens with zero attached hydrogens (tertiary/aromatic N) is 3. The Labute approximate surface area is 196 Å². The Balaban J connectivity index is 1.53. The number of benzene rings is 2. The quantitative estimate of drug-likeness (QED) is 0.280. The van der Waals surface area contributed by atoms with Gasteiger partial charge in [0.25, 0.3) is 5.56 Å². The Bertz CT molecular complexity index is 1180. The van der Waals surface area contributed by atoms with Crippen LogP contribution in [0.1, 0.15) is 24.5 Å². The van der Waals surface area contributed by atoms with Crippen LogP contribution < -0.4 is 5.56 Å². The number of carbonyl (C=O) groups is 1. The lowest BCUT2D eigenvalue weighted by Crippen LogP contribution is -2.37. The van der Waals surface area contributed by atoms with E-state index in [1.54, 1.807) is 22.8 Å². The summed E-state index contributed by atoms with van der Waals surface area (Å²) in [7, 11) is 0. The third-order valence-electron chi connectivity index (χ3n) is 5.56. The molecule has 1 aromatic heterocycles. The first-order chi connectivity index (χ1) is 15.6. The average molecular weight is 472 g/mol. The van der Waals surface area contributed by atoms with Crippen LogP contribution in [0.25, 0.3) is 10.9 Å². The number of rotatable bonds is 8. The second-order valence-corrected chi connectivity index (χ2v) is 9.06. The van der Waals surface area contributed by atoms with E-state index in [9.17, 15) is 9.59 Å². The van der Waals surface area contributed by atoms with Crippen molar-refractivity contribution in [2.45, 2.75) is 38.0 Å². The highest BCUT2D eigenvalue weighted by molar-refractivity contribution is 7.99. The van der Waals surface area contributed by atoms with Gasteiger partial charge in [0.2, 0.25) is 5.91 Å². The Morgan fingerprint density at radius 1 is 1.22 bits per heavy atom. The molecule has 0 fully saturated rings. The van der Waals surface area contributed by atoms with E-state index in [1.807, 2.05) is 24.0 Å². The molecule has 1 aliphatic heterocycles. The van der Waals surface area contributed by atoms with Crippen molar-refractivity contribution in [1.29, 1.82) is 0 Å². The molecule has 2 heterocycles. The molecule has 6 nitrogen and oxygen atoms in total. The Morgan fingerprint density at radius 3 is 2.84 bits per heavy atom. The van der Waals surface area contributed by atoms with Crippen molar-refractivity contribution < 1.29 is 9.53 Å². The van der Waals surface area contributed by atoms with Crippen molar-refractivity contribution in [2.75, 3.05) is 25.5 Å². The maximum absolute atomic E-state index is 13.1. The van der Waals surface area contributed by atoms with Gasteiger partial charge in [-0.15, -0.1) is 0 Å². The van der Waals surface area contributed by atoms with Gasteiger partial charge >= 0.3 is 0 Å². The lowest BCUT2D eigenvalue weighted by molar-refractivity contribution is -0.129. The molecule has 8 heteroatoms. The summed E-state index contributed by atoms with van der Waals surface area (Å²) in [4.78, 5) is 32.6. The molecule has 0 saturated heterocycles. The molecule has 0 bridgehead atoms. The molecule has 0 spiro atoms. The molecular weight excluding hydrogens is 446 g/mol. The first-order valence-corrected chi connectivity index (χ1v) is 12.2. The summed E-state index contributed by atoms with van der Waals surface area (Å²) >= 11 is 7.42. The Kier molecular flexibility index (Phi) is 7.50. The fourth-order valence-corrected chi connectivity index (χ4v) is 4.97. The number of aromatic nitrogens is 2. The molecule has 3 aromatic rings. The zero-order chi connectivity index (χ0) is 22.5. The van der Waals surface area contributed by atoms with Gasteiger partial charge < -0.3 is 9.64 Å². The summed E-state index contributed by atoms with van der Waals surface area (Å²) in [6.45, 7) is 4.96. The molecule has 4 rings (SSSR count). The van der Waals surface area contributed by atoms with E-state index in [0.29, 0.717) is 60.4 Å². The van der Waals surface area contributed by atoms with Gasteiger partial charge in [-0.3, -0.25) is 14.2 Å². The topological polar surface area (TPSA) is 64.4 Å². The number of fused-ring (bicyclic) bond motifs is 2. The van der Waals surface area contributed by atoms with Gasteiger partial charge in [0.05, 0.1) is 16.7 Å². The maximum atomic E-state index is 13.1. The summed E-state index contributed by atoms with van der Waals surface area (Å²) in [6, 6.07) is 13.3. The molecule has 32 heavy (non-hydrogen) atoms. The van der Waals surface area contributed by atoms with Gasteiger partial charge in [0.15, 0.2) is 5.16 Å². The predicted octanol–water partition coefficient (Wildman–Crippen LogP) is 4.15. The number of halogens is 1. The third-order valence-corrected chi connectivity index (χ3v) is 6.76. The summed E-state index contributed by atoms with van der Waals surface area (Å²) in [5, 5.41) is 1.58. The van der Waals surface area contributed by atoms with Crippen LogP contribution in [0.4, 0.5) is 0 Å². The lowest BCUT2D eigenvalue weighted by atomic mass is 10.00. The lowest BCUT2D eigenvalue weighted by Gasteiger charge is -2.28. The largest absolute Gasteiger partial charge is 0.382 e. The van der Waals surface area contributed by atoms with Gasteiger partial charge in [-0.05, 0) is 49.1 Å². The van der Waals surface area contributed by atoms with E-state index in [-0.39, 0.29) is 17.2 Å². The van der Waals surface area contributed by atoms with Crippen LogP contribution in [0.3, 0.4) is 0 Å². The second kappa shape index (κ2) is 10.5. The predicted molar refractivity (Wildman–Crippen MR) is 128 cm³/mol. The minimum atomic E-state index is -0.120. The van der Waals surface area contributed by atoms with E-state index in [0.717, 1.165) is 6.42 Å². The van der Waals surface area contributed by atoms with Crippen molar-refractivity contribution in [2.24, 2.45) is 0 Å². The van der Waals surface area contributed by atoms with E-state index < -0.39 is 0 Å². The molecule has 0 aliphatic carbocycles. The van der Waals surface area contributed by atoms with Crippen LogP contribution in [0.15, 0.2) is 52.4 Å². The summed E-state index contributed by atoms with van der Waals surface area (Å²) < 4.78 is 7.08. The number of thioether (sulfide) groups is 1. The van der Waals surface area contributed by atoms with Gasteiger partial charge in [-0.2, -0.15) is 0 Å². The second-order valence-electron chi connectivity index (χ2n) is 7.69. The van der Waals surface area contributed by atoms with Crippen LogP contribution in [-0.4, -0.2) is 45.9 Å². The zero-order valence-corrected chi connectivity index (χ0v) is 19.6. The number of amides is 1. The van der Waals surface area contributed by atoms with E-state index in [1.165, 1.54) is 22.9 Å². The monoisotopic (exact) mass is 471 g/mol. The molecule has 0 unspecified atom stereocenters. The van der Waals surface area contributed by atoms with E-state index in [4.69, 9.17) is 16.3 Å². The summed E-state index contributed by atoms with van der Waals surface area (Å²) in [5.74, 6) is 0.275. The van der Waals surface area contributed by atoms with Crippen LogP contribution >= 0.6 is 23.4 Å². The van der Waals surface area contributed by atoms with Crippen LogP contribution in [0.2, 0.25) is 5.02 Å². The van der Waals surface area contributed by atoms with Crippen molar-refractivity contribution in [3.8, 4) is 0 Å². The highest BCUT2D eigenvalue weighted by Crippen LogP contribution is 2.23. The first-order valence-electron chi connectivity index (χ1n) is 10.8. The standard InChI is InChI=1S/C24H26ClN3O3S/c1-2-31-13-5-11-28-23(30)20-9-8-19(25)14-21(20)26-24(28)32-16-22(29)27-12-10-17-6-3-4-7-18(17)15-27/h3-4,6-9,14H,2,5,10-13,15-16H2,1H3. The number of carbonyl (C=O) groups excluding carboxylic acids is 1. The fraction of sp³-hybridized carbons (Fsp3) is 0.375. The normalized spacial score (nSPS) is 13.4. The zero-order valence-electron chi connectivity index (χ0n) is 18.1. The summed E-state index contributed by atoms with van der Waals surface area (Å²) in [6.07, 6.45) is 1.56. The first kappa shape index (κ1) is 22.8. The van der Waals surface area contributed by atoms with Gasteiger partial charge in [-0.25, -0.2) is 4.98 Å². The highest BCUT2D eigenvalue weighted by Gasteiger charge is 2.21. The third kappa shape index (κ3) is 5.17. The van der Waals surface area contributed by atoms with Crippen LogP contribution in [0, 0.1) is 0 Å². The Morgan fingerprint density at radius 2 is 2.03 bits per heavy atom. The highest BCUT2D eigenvalue weighted by atomic mass is 35.5. The molecular formula is C24H26ClN3O3S. The number of ether oxygens (including phenoxy) is 1. The molecule has 1 amide bonds. The fourth-order valence-electron chi connectivity index (χ4n) is 3.88. The van der Waals surface area contributed by atoms with Gasteiger partial charge in [-0.1, -0.05) is 47.6 Å². The van der Waals surface area contributed by atoms with Crippen molar-refractivity contribution in [3.05, 3.63) is 69.0 Å². The molecule has 0 saturated carbocycles. The molecule has 0 radical (unpaired) electrons. The molecule has 1 aliphatic rings. The minimum absolute atomic E-state index is 0.0470. The number of hydrogen-bond donors (Lipinski definition) is 0. The van der Waals surface area contributed by atoms with Crippen molar-refractivity contribution >= 4 is 40.2 Å². The molecule has 168 valence electrons. The van der Waals surface area contributed by atoms with Gasteiger partial charge in [0.1, 0.15) is 0 Å². The molecule has 0 N–H and O–H groups in total. The van der Waals surface area contributed by atoms with E-state index >= 15 is 0 Å². The van der Waals surface area contributed by atoms with Crippen LogP contribution in [-0.2, 0) is 29.0 Å². The minimum Gasteiger partial charge on any atom is -0.382 e. The smallest absolute Gasteiger partial charge is 0.262 e. The average Bonchev–Trinajstić information content (AvgIpc) is 2.81. The van der Waals surface area contributed by atoms with Crippen molar-refractivity contribution in [3.63, 3.8) is 0 Å². The molecule has 2 aromatic carbocycles. The Hall–Kier alpha value is -2.35. The van der Waals surface area contributed by atoms with Crippen molar-refractivity contribution in [1.82, 2.24) is 14.5 Å². The van der Waals surface area contributed by atoms with Crippen LogP contribution in [0.5, 0.6) is 0 Å². The number of hydrogen-bond acceptors (Lipinski definition) is 5. The van der Waals surface area contributed by atoms with E-state index in [2.05, 4.69) is 17.1 Å². The molecule has 0 atom stereocenters. The maximum Gasteiger partial charge on any atom is 0.262 e.